The Bertz CT molecular complexity index is 496. The van der Waals surface area contributed by atoms with Gasteiger partial charge in [0.1, 0.15) is 0 Å². The lowest BCUT2D eigenvalue weighted by atomic mass is 10.0. The summed E-state index contributed by atoms with van der Waals surface area (Å²) in [7, 11) is 0. The maximum Gasteiger partial charge on any atom is 0.246 e. The fraction of sp³-hybridized carbons (Fsp3) is 0.154. The Labute approximate surface area is 124 Å². The van der Waals surface area contributed by atoms with Crippen LogP contribution in [-0.4, -0.2) is 5.91 Å². The zero-order valence-corrected chi connectivity index (χ0v) is 12.4. The van der Waals surface area contributed by atoms with E-state index in [1.807, 2.05) is 30.4 Å². The number of rotatable bonds is 3. The molecule has 1 aromatic rings. The van der Waals surface area contributed by atoms with Crippen LogP contribution in [0.1, 0.15) is 6.42 Å². The highest BCUT2D eigenvalue weighted by atomic mass is 127. The highest BCUT2D eigenvalue weighted by Crippen LogP contribution is 2.26. The normalized spacial score (nSPS) is 18.1. The smallest absolute Gasteiger partial charge is 0.246 e. The summed E-state index contributed by atoms with van der Waals surface area (Å²) in [6, 6.07) is 7.15. The summed E-state index contributed by atoms with van der Waals surface area (Å²) in [6.45, 7) is 0. The van der Waals surface area contributed by atoms with E-state index in [1.54, 1.807) is 12.1 Å². The van der Waals surface area contributed by atoms with Gasteiger partial charge in [0.25, 0.3) is 0 Å². The van der Waals surface area contributed by atoms with Gasteiger partial charge in [0.05, 0.1) is 11.6 Å². The van der Waals surface area contributed by atoms with Crippen LogP contribution in [0, 0.1) is 5.92 Å². The largest absolute Gasteiger partial charge is 0.299 e. The number of amides is 1. The summed E-state index contributed by atoms with van der Waals surface area (Å²) in [6.07, 6.45) is 6.66. The second kappa shape index (κ2) is 6.24. The van der Waals surface area contributed by atoms with Crippen molar-refractivity contribution in [1.29, 1.82) is 0 Å². The zero-order valence-electron chi connectivity index (χ0n) is 9.49. The Morgan fingerprint density at radius 1 is 1.33 bits per heavy atom. The minimum atomic E-state index is -0.101. The molecule has 1 unspecified atom stereocenters. The van der Waals surface area contributed by atoms with Gasteiger partial charge < -0.3 is 0 Å². The van der Waals surface area contributed by atoms with Crippen LogP contribution in [0.4, 0.5) is 5.69 Å². The van der Waals surface area contributed by atoms with Crippen LogP contribution in [0.5, 0.6) is 0 Å². The van der Waals surface area contributed by atoms with Gasteiger partial charge in [-0.3, -0.25) is 15.6 Å². The molecule has 94 valence electrons. The Hall–Kier alpha value is -1.01. The number of anilines is 1. The van der Waals surface area contributed by atoms with Gasteiger partial charge in [-0.1, -0.05) is 29.8 Å². The van der Waals surface area contributed by atoms with Crippen molar-refractivity contribution in [2.75, 3.05) is 5.43 Å². The molecule has 1 atom stereocenters. The first kappa shape index (κ1) is 13.4. The van der Waals surface area contributed by atoms with Crippen LogP contribution in [-0.2, 0) is 4.79 Å². The minimum absolute atomic E-state index is 0.0325. The molecule has 1 aliphatic carbocycles. The Morgan fingerprint density at radius 2 is 2.06 bits per heavy atom. The summed E-state index contributed by atoms with van der Waals surface area (Å²) in [5.41, 5.74) is 6.39. The molecular formula is C13H12ClIN2O. The average molecular weight is 375 g/mol. The third kappa shape index (κ3) is 3.49. The van der Waals surface area contributed by atoms with Crippen molar-refractivity contribution in [2.24, 2.45) is 5.92 Å². The SMILES string of the molecule is O=C(NNc1ccc(Cl)cc1)C1CC=CC=C1I. The topological polar surface area (TPSA) is 41.1 Å². The van der Waals surface area contributed by atoms with Crippen molar-refractivity contribution in [1.82, 2.24) is 5.43 Å². The maximum absolute atomic E-state index is 12.0. The van der Waals surface area contributed by atoms with Crippen molar-refractivity contribution in [2.45, 2.75) is 6.42 Å². The molecule has 0 saturated heterocycles. The Morgan fingerprint density at radius 3 is 2.72 bits per heavy atom. The van der Waals surface area contributed by atoms with Gasteiger partial charge in [-0.25, -0.2) is 0 Å². The number of hydrazine groups is 1. The van der Waals surface area contributed by atoms with E-state index in [0.29, 0.717) is 5.02 Å². The molecule has 2 rings (SSSR count). The molecule has 5 heteroatoms. The van der Waals surface area contributed by atoms with Gasteiger partial charge in [-0.05, 0) is 53.3 Å². The lowest BCUT2D eigenvalue weighted by Gasteiger charge is -2.17. The van der Waals surface area contributed by atoms with Gasteiger partial charge in [-0.2, -0.15) is 0 Å². The third-order valence-corrected chi connectivity index (χ3v) is 3.95. The molecule has 1 amide bonds. The third-order valence-electron chi connectivity index (χ3n) is 2.59. The molecule has 0 spiro atoms. The maximum atomic E-state index is 12.0. The number of halogens is 2. The number of hydrogen-bond donors (Lipinski definition) is 2. The van der Waals surface area contributed by atoms with Crippen molar-refractivity contribution < 1.29 is 4.79 Å². The fourth-order valence-corrected chi connectivity index (χ4v) is 2.46. The van der Waals surface area contributed by atoms with Crippen molar-refractivity contribution >= 4 is 45.8 Å². The molecule has 0 saturated carbocycles. The van der Waals surface area contributed by atoms with Crippen molar-refractivity contribution in [3.8, 4) is 0 Å². The highest BCUT2D eigenvalue weighted by molar-refractivity contribution is 14.1. The second-order valence-corrected chi connectivity index (χ2v) is 5.57. The minimum Gasteiger partial charge on any atom is -0.299 e. The number of hydrogen-bond acceptors (Lipinski definition) is 2. The Kier molecular flexibility index (Phi) is 4.66. The lowest BCUT2D eigenvalue weighted by Crippen LogP contribution is -2.35. The van der Waals surface area contributed by atoms with E-state index in [4.69, 9.17) is 11.6 Å². The predicted octanol–water partition coefficient (Wildman–Crippen LogP) is 3.68. The van der Waals surface area contributed by atoms with Crippen LogP contribution >= 0.6 is 34.2 Å². The molecule has 0 radical (unpaired) electrons. The van der Waals surface area contributed by atoms with E-state index in [1.165, 1.54) is 0 Å². The molecule has 1 aliphatic rings. The lowest BCUT2D eigenvalue weighted by molar-refractivity contribution is -0.123. The van der Waals surface area contributed by atoms with Crippen LogP contribution < -0.4 is 10.9 Å². The van der Waals surface area contributed by atoms with E-state index in [0.717, 1.165) is 15.7 Å². The van der Waals surface area contributed by atoms with Crippen LogP contribution in [0.25, 0.3) is 0 Å². The molecule has 18 heavy (non-hydrogen) atoms. The fourth-order valence-electron chi connectivity index (χ4n) is 1.59. The molecule has 0 bridgehead atoms. The van der Waals surface area contributed by atoms with E-state index < -0.39 is 0 Å². The molecule has 0 fully saturated rings. The number of nitrogens with one attached hydrogen (secondary N) is 2. The van der Waals surface area contributed by atoms with Crippen LogP contribution in [0.2, 0.25) is 5.02 Å². The van der Waals surface area contributed by atoms with Crippen molar-refractivity contribution in [3.05, 3.63) is 51.1 Å². The summed E-state index contributed by atoms with van der Waals surface area (Å²) < 4.78 is 1.05. The number of allylic oxidation sites excluding steroid dienone is 3. The Balaban J connectivity index is 1.90. The molecule has 0 aromatic heterocycles. The summed E-state index contributed by atoms with van der Waals surface area (Å²) in [5, 5.41) is 0.668. The van der Waals surface area contributed by atoms with E-state index >= 15 is 0 Å². The molecule has 0 heterocycles. The van der Waals surface area contributed by atoms with Crippen molar-refractivity contribution in [3.63, 3.8) is 0 Å². The number of benzene rings is 1. The average Bonchev–Trinajstić information content (AvgIpc) is 2.38. The zero-order chi connectivity index (χ0) is 13.0. The second-order valence-electron chi connectivity index (χ2n) is 3.89. The number of carbonyl (C=O) groups excluding carboxylic acids is 1. The first-order valence-corrected chi connectivity index (χ1v) is 6.96. The first-order chi connectivity index (χ1) is 8.66. The van der Waals surface area contributed by atoms with E-state index in [2.05, 4.69) is 33.4 Å². The molecule has 1 aromatic carbocycles. The standard InChI is InChI=1S/C13H12ClIN2O/c14-9-5-7-10(8-6-9)16-17-13(18)11-3-1-2-4-12(11)15/h1-2,4-8,11,16H,3H2,(H,17,18). The van der Waals surface area contributed by atoms with Gasteiger partial charge in [-0.15, -0.1) is 0 Å². The summed E-state index contributed by atoms with van der Waals surface area (Å²) in [4.78, 5) is 12.0. The van der Waals surface area contributed by atoms with Crippen LogP contribution in [0.3, 0.4) is 0 Å². The number of carbonyl (C=O) groups is 1. The van der Waals surface area contributed by atoms with Gasteiger partial charge in [0.2, 0.25) is 5.91 Å². The molecule has 3 nitrogen and oxygen atoms in total. The monoisotopic (exact) mass is 374 g/mol. The van der Waals surface area contributed by atoms with Gasteiger partial charge in [0.15, 0.2) is 0 Å². The first-order valence-electron chi connectivity index (χ1n) is 5.50. The van der Waals surface area contributed by atoms with Gasteiger partial charge >= 0.3 is 0 Å². The highest BCUT2D eigenvalue weighted by Gasteiger charge is 2.21. The van der Waals surface area contributed by atoms with Crippen LogP contribution in [0.15, 0.2) is 46.1 Å². The summed E-state index contributed by atoms with van der Waals surface area (Å²) in [5.74, 6) is -0.134. The quantitative estimate of drug-likeness (QED) is 0.626. The molecule has 2 N–H and O–H groups in total. The predicted molar refractivity (Wildman–Crippen MR) is 82.6 cm³/mol. The van der Waals surface area contributed by atoms with Gasteiger partial charge in [0, 0.05) is 8.60 Å². The summed E-state index contributed by atoms with van der Waals surface area (Å²) >= 11 is 7.98. The van der Waals surface area contributed by atoms with E-state index in [9.17, 15) is 4.79 Å². The van der Waals surface area contributed by atoms with E-state index in [-0.39, 0.29) is 11.8 Å². The molecular weight excluding hydrogens is 363 g/mol. The molecule has 0 aliphatic heterocycles.